The van der Waals surface area contributed by atoms with Crippen LogP contribution in [0.2, 0.25) is 10.0 Å². The van der Waals surface area contributed by atoms with Gasteiger partial charge >= 0.3 is 5.97 Å². The molecule has 0 bridgehead atoms. The average Bonchev–Trinajstić information content (AvgIpc) is 2.61. The Kier molecular flexibility index (Phi) is 6.25. The molecule has 7 heteroatoms. The number of nitrogens with one attached hydrogen (secondary N) is 1. The minimum Gasteiger partial charge on any atom is -0.460 e. The molecule has 0 fully saturated rings. The number of benzene rings is 1. The molecule has 2 aliphatic rings. The summed E-state index contributed by atoms with van der Waals surface area (Å²) in [6.07, 6.45) is 1.99. The van der Waals surface area contributed by atoms with Gasteiger partial charge in [0.15, 0.2) is 5.78 Å². The number of halogens is 2. The van der Waals surface area contributed by atoms with Crippen molar-refractivity contribution in [2.45, 2.75) is 32.1 Å². The van der Waals surface area contributed by atoms with Crippen molar-refractivity contribution in [1.82, 2.24) is 5.32 Å². The van der Waals surface area contributed by atoms with Crippen molar-refractivity contribution in [3.8, 4) is 0 Å². The minimum atomic E-state index is -0.575. The maximum atomic E-state index is 12.8. The van der Waals surface area contributed by atoms with Crippen molar-refractivity contribution < 1.29 is 19.1 Å². The maximum Gasteiger partial charge on any atom is 0.336 e. The predicted octanol–water partition coefficient (Wildman–Crippen LogP) is 4.15. The van der Waals surface area contributed by atoms with Gasteiger partial charge in [-0.15, -0.1) is 0 Å². The lowest BCUT2D eigenvalue weighted by atomic mass is 9.75. The number of carbonyl (C=O) groups is 2. The van der Waals surface area contributed by atoms with Crippen LogP contribution in [0.5, 0.6) is 0 Å². The number of hydrogen-bond donors (Lipinski definition) is 1. The standard InChI is InChI=1S/C20H21Cl2NO4/c1-11-17(20(25)27-9-8-26-2)18(13-7-6-12(21)10-14(13)22)19-15(23-11)4-3-5-16(19)24/h6-7,10,18,23H,3-5,8-9H2,1-2H3/t18-/m0/s1. The van der Waals surface area contributed by atoms with Crippen molar-refractivity contribution in [1.29, 1.82) is 0 Å². The van der Waals surface area contributed by atoms with Crippen LogP contribution in [0.15, 0.2) is 40.7 Å². The van der Waals surface area contributed by atoms with E-state index in [1.807, 2.05) is 6.92 Å². The first-order chi connectivity index (χ1) is 12.9. The molecule has 0 saturated heterocycles. The van der Waals surface area contributed by atoms with Crippen molar-refractivity contribution in [3.05, 3.63) is 56.3 Å². The smallest absolute Gasteiger partial charge is 0.336 e. The zero-order valence-corrected chi connectivity index (χ0v) is 16.7. The first-order valence-electron chi connectivity index (χ1n) is 8.79. The number of ketones is 1. The number of carbonyl (C=O) groups excluding carboxylic acids is 2. The summed E-state index contributed by atoms with van der Waals surface area (Å²) in [5.74, 6) is -1.04. The van der Waals surface area contributed by atoms with E-state index >= 15 is 0 Å². The molecule has 1 aliphatic heterocycles. The van der Waals surface area contributed by atoms with Crippen LogP contribution in [-0.2, 0) is 19.1 Å². The molecule has 27 heavy (non-hydrogen) atoms. The van der Waals surface area contributed by atoms with Crippen LogP contribution in [0.25, 0.3) is 0 Å². The lowest BCUT2D eigenvalue weighted by molar-refractivity contribution is -0.140. The monoisotopic (exact) mass is 409 g/mol. The lowest BCUT2D eigenvalue weighted by Crippen LogP contribution is -2.34. The van der Waals surface area contributed by atoms with Crippen LogP contribution in [0.3, 0.4) is 0 Å². The molecule has 0 saturated carbocycles. The van der Waals surface area contributed by atoms with Gasteiger partial charge < -0.3 is 14.8 Å². The Balaban J connectivity index is 2.09. The molecule has 0 radical (unpaired) electrons. The third kappa shape index (κ3) is 4.05. The zero-order valence-electron chi connectivity index (χ0n) is 15.2. The van der Waals surface area contributed by atoms with Gasteiger partial charge in [0, 0.05) is 46.5 Å². The van der Waals surface area contributed by atoms with Crippen LogP contribution in [0, 0.1) is 0 Å². The molecule has 1 atom stereocenters. The van der Waals surface area contributed by atoms with Crippen molar-refractivity contribution in [2.75, 3.05) is 20.3 Å². The molecular weight excluding hydrogens is 389 g/mol. The van der Waals surface area contributed by atoms with Crippen molar-refractivity contribution >= 4 is 35.0 Å². The molecule has 1 aromatic carbocycles. The Morgan fingerprint density at radius 2 is 2.04 bits per heavy atom. The van der Waals surface area contributed by atoms with Crippen molar-refractivity contribution in [2.24, 2.45) is 0 Å². The van der Waals surface area contributed by atoms with E-state index in [9.17, 15) is 9.59 Å². The van der Waals surface area contributed by atoms with E-state index in [-0.39, 0.29) is 12.4 Å². The minimum absolute atomic E-state index is 0.0226. The molecule has 3 rings (SSSR count). The molecule has 1 aromatic rings. The number of allylic oxidation sites excluding steroid dienone is 3. The Morgan fingerprint density at radius 1 is 1.26 bits per heavy atom. The molecule has 1 N–H and O–H groups in total. The SMILES string of the molecule is COCCOC(=O)C1=C(C)NC2=C(C(=O)CCC2)[C@H]1c1ccc(Cl)cc1Cl. The Morgan fingerprint density at radius 3 is 2.74 bits per heavy atom. The largest absolute Gasteiger partial charge is 0.460 e. The van der Waals surface area contributed by atoms with Gasteiger partial charge in [-0.2, -0.15) is 0 Å². The zero-order chi connectivity index (χ0) is 19.6. The summed E-state index contributed by atoms with van der Waals surface area (Å²) in [6.45, 7) is 2.24. The van der Waals surface area contributed by atoms with Gasteiger partial charge in [-0.05, 0) is 37.5 Å². The van der Waals surface area contributed by atoms with E-state index in [2.05, 4.69) is 5.32 Å². The second-order valence-electron chi connectivity index (χ2n) is 6.56. The summed E-state index contributed by atoms with van der Waals surface area (Å²) in [7, 11) is 1.54. The summed E-state index contributed by atoms with van der Waals surface area (Å²) in [6, 6.07) is 5.10. The highest BCUT2D eigenvalue weighted by Gasteiger charge is 2.39. The Labute approximate surface area is 168 Å². The van der Waals surface area contributed by atoms with Gasteiger partial charge in [0.2, 0.25) is 0 Å². The third-order valence-corrected chi connectivity index (χ3v) is 5.35. The summed E-state index contributed by atoms with van der Waals surface area (Å²) in [5, 5.41) is 4.14. The van der Waals surface area contributed by atoms with Gasteiger partial charge in [-0.25, -0.2) is 4.79 Å². The van der Waals surface area contributed by atoms with E-state index in [0.717, 1.165) is 18.5 Å². The summed E-state index contributed by atoms with van der Waals surface area (Å²) in [5.41, 5.74) is 3.18. The highest BCUT2D eigenvalue weighted by atomic mass is 35.5. The van der Waals surface area contributed by atoms with Crippen LogP contribution in [-0.4, -0.2) is 32.1 Å². The number of hydrogen-bond acceptors (Lipinski definition) is 5. The van der Waals surface area contributed by atoms with E-state index in [1.54, 1.807) is 18.2 Å². The highest BCUT2D eigenvalue weighted by Crippen LogP contribution is 2.44. The second kappa shape index (κ2) is 8.46. The van der Waals surface area contributed by atoms with Gasteiger partial charge in [0.25, 0.3) is 0 Å². The molecule has 0 aromatic heterocycles. The van der Waals surface area contributed by atoms with Crippen molar-refractivity contribution in [3.63, 3.8) is 0 Å². The molecule has 0 unspecified atom stereocenters. The highest BCUT2D eigenvalue weighted by molar-refractivity contribution is 6.35. The van der Waals surface area contributed by atoms with Gasteiger partial charge in [-0.3, -0.25) is 4.79 Å². The second-order valence-corrected chi connectivity index (χ2v) is 7.40. The van der Waals surface area contributed by atoms with Gasteiger partial charge in [0.1, 0.15) is 6.61 Å². The first-order valence-corrected chi connectivity index (χ1v) is 9.54. The quantitative estimate of drug-likeness (QED) is 0.584. The van der Waals surface area contributed by atoms with E-state index in [4.69, 9.17) is 32.7 Å². The maximum absolute atomic E-state index is 12.8. The number of dihydropyridines is 1. The molecular formula is C20H21Cl2NO4. The normalized spacial score (nSPS) is 19.7. The van der Waals surface area contributed by atoms with Gasteiger partial charge in [-0.1, -0.05) is 29.3 Å². The van der Waals surface area contributed by atoms with E-state index in [0.29, 0.717) is 45.5 Å². The molecule has 1 heterocycles. The summed E-state index contributed by atoms with van der Waals surface area (Å²) < 4.78 is 10.3. The summed E-state index contributed by atoms with van der Waals surface area (Å²) >= 11 is 12.5. The molecule has 1 aliphatic carbocycles. The average molecular weight is 410 g/mol. The van der Waals surface area contributed by atoms with Crippen LogP contribution in [0.1, 0.15) is 37.7 Å². The first kappa shape index (κ1) is 19.9. The molecule has 0 amide bonds. The van der Waals surface area contributed by atoms with E-state index < -0.39 is 11.9 Å². The number of rotatable bonds is 5. The van der Waals surface area contributed by atoms with Crippen LogP contribution >= 0.6 is 23.2 Å². The lowest BCUT2D eigenvalue weighted by Gasteiger charge is -2.34. The Hall–Kier alpha value is -1.82. The Bertz CT molecular complexity index is 844. The third-order valence-electron chi connectivity index (χ3n) is 4.79. The van der Waals surface area contributed by atoms with Gasteiger partial charge in [0.05, 0.1) is 12.2 Å². The van der Waals surface area contributed by atoms with Crippen LogP contribution in [0.4, 0.5) is 0 Å². The number of ether oxygens (including phenoxy) is 2. The molecule has 144 valence electrons. The number of methoxy groups -OCH3 is 1. The molecule has 0 spiro atoms. The molecule has 5 nitrogen and oxygen atoms in total. The number of Topliss-reactive ketones (excluding diaryl/α,β-unsaturated/α-hetero) is 1. The summed E-state index contributed by atoms with van der Waals surface area (Å²) in [4.78, 5) is 25.6. The number of esters is 1. The van der Waals surface area contributed by atoms with E-state index in [1.165, 1.54) is 7.11 Å². The fourth-order valence-corrected chi connectivity index (χ4v) is 4.11. The van der Waals surface area contributed by atoms with Crippen LogP contribution < -0.4 is 5.32 Å². The predicted molar refractivity (Wildman–Crippen MR) is 104 cm³/mol. The fraction of sp³-hybridized carbons (Fsp3) is 0.400. The topological polar surface area (TPSA) is 64.6 Å². The fourth-order valence-electron chi connectivity index (χ4n) is 3.60.